The van der Waals surface area contributed by atoms with Crippen LogP contribution in [0, 0.1) is 0 Å². The van der Waals surface area contributed by atoms with Gasteiger partial charge in [-0.3, -0.25) is 9.59 Å². The molecular weight excluding hydrogens is 310 g/mol. The van der Waals surface area contributed by atoms with Crippen LogP contribution in [0.4, 0.5) is 0 Å². The average molecular weight is 327 g/mol. The Labute approximate surface area is 136 Å². The third kappa shape index (κ3) is 2.63. The Morgan fingerprint density at radius 1 is 1.17 bits per heavy atom. The van der Waals surface area contributed by atoms with Crippen molar-refractivity contribution in [3.8, 4) is 0 Å². The summed E-state index contributed by atoms with van der Waals surface area (Å²) in [7, 11) is 0. The lowest BCUT2D eigenvalue weighted by atomic mass is 10.1. The second kappa shape index (κ2) is 5.77. The number of thiophene rings is 1. The predicted molar refractivity (Wildman–Crippen MR) is 91.3 cm³/mol. The molecule has 6 heteroatoms. The zero-order valence-corrected chi connectivity index (χ0v) is 13.5. The van der Waals surface area contributed by atoms with Crippen LogP contribution in [0.25, 0.3) is 10.2 Å². The SMILES string of the molecule is O=c1[nH]c(Cn2ccccc2=O)nc2sc3c(c12)CCCCC3. The van der Waals surface area contributed by atoms with Gasteiger partial charge in [-0.2, -0.15) is 0 Å². The van der Waals surface area contributed by atoms with Gasteiger partial charge in [-0.05, 0) is 37.3 Å². The minimum Gasteiger partial charge on any atom is -0.308 e. The van der Waals surface area contributed by atoms with Gasteiger partial charge in [0.2, 0.25) is 0 Å². The Morgan fingerprint density at radius 3 is 2.91 bits per heavy atom. The summed E-state index contributed by atoms with van der Waals surface area (Å²) in [6.07, 6.45) is 7.27. The van der Waals surface area contributed by atoms with E-state index in [2.05, 4.69) is 9.97 Å². The number of H-pyrrole nitrogens is 1. The average Bonchev–Trinajstić information content (AvgIpc) is 2.72. The fourth-order valence-corrected chi connectivity index (χ4v) is 4.49. The second-order valence-corrected chi connectivity index (χ2v) is 7.01. The summed E-state index contributed by atoms with van der Waals surface area (Å²) >= 11 is 1.64. The first kappa shape index (κ1) is 14.4. The van der Waals surface area contributed by atoms with Crippen LogP contribution < -0.4 is 11.1 Å². The first-order chi connectivity index (χ1) is 11.2. The van der Waals surface area contributed by atoms with Gasteiger partial charge >= 0.3 is 0 Å². The molecule has 0 radical (unpaired) electrons. The number of pyridine rings is 1. The molecule has 0 aliphatic heterocycles. The number of nitrogens with zero attached hydrogens (tertiary/aromatic N) is 2. The molecule has 118 valence electrons. The normalized spacial score (nSPS) is 14.6. The first-order valence-corrected chi connectivity index (χ1v) is 8.73. The molecule has 23 heavy (non-hydrogen) atoms. The summed E-state index contributed by atoms with van der Waals surface area (Å²) in [6, 6.07) is 5.00. The molecule has 1 aliphatic rings. The molecule has 0 bridgehead atoms. The maximum absolute atomic E-state index is 12.5. The van der Waals surface area contributed by atoms with E-state index in [0.29, 0.717) is 5.82 Å². The quantitative estimate of drug-likeness (QED) is 0.735. The van der Waals surface area contributed by atoms with Crippen molar-refractivity contribution in [1.29, 1.82) is 0 Å². The highest BCUT2D eigenvalue weighted by Gasteiger charge is 2.18. The lowest BCUT2D eigenvalue weighted by Crippen LogP contribution is -2.21. The summed E-state index contributed by atoms with van der Waals surface area (Å²) in [5, 5.41) is 0.760. The molecular formula is C17H17N3O2S. The number of hydrogen-bond donors (Lipinski definition) is 1. The fourth-order valence-electron chi connectivity index (χ4n) is 3.21. The predicted octanol–water partition coefficient (Wildman–Crippen LogP) is 2.46. The van der Waals surface area contributed by atoms with Gasteiger partial charge in [0.25, 0.3) is 11.1 Å². The summed E-state index contributed by atoms with van der Waals surface area (Å²) in [6.45, 7) is 0.285. The molecule has 3 heterocycles. The van der Waals surface area contributed by atoms with Gasteiger partial charge in [0.15, 0.2) is 0 Å². The fraction of sp³-hybridized carbons (Fsp3) is 0.353. The van der Waals surface area contributed by atoms with E-state index in [1.54, 1.807) is 34.2 Å². The summed E-state index contributed by atoms with van der Waals surface area (Å²) in [5.41, 5.74) is 1.02. The van der Waals surface area contributed by atoms with Crippen molar-refractivity contribution in [2.75, 3.05) is 0 Å². The van der Waals surface area contributed by atoms with E-state index in [0.717, 1.165) is 29.5 Å². The largest absolute Gasteiger partial charge is 0.308 e. The Morgan fingerprint density at radius 2 is 2.04 bits per heavy atom. The smallest absolute Gasteiger partial charge is 0.259 e. The molecule has 0 fully saturated rings. The molecule has 0 amide bonds. The number of rotatable bonds is 2. The van der Waals surface area contributed by atoms with Gasteiger partial charge in [-0.1, -0.05) is 12.5 Å². The molecule has 0 unspecified atom stereocenters. The van der Waals surface area contributed by atoms with Crippen molar-refractivity contribution in [2.24, 2.45) is 0 Å². The Bertz CT molecular complexity index is 983. The van der Waals surface area contributed by atoms with Crippen molar-refractivity contribution < 1.29 is 0 Å². The molecule has 0 saturated heterocycles. The number of fused-ring (bicyclic) bond motifs is 3. The van der Waals surface area contributed by atoms with Crippen LogP contribution in [-0.4, -0.2) is 14.5 Å². The lowest BCUT2D eigenvalue weighted by molar-refractivity contribution is 0.711. The van der Waals surface area contributed by atoms with E-state index in [9.17, 15) is 9.59 Å². The Kier molecular flexibility index (Phi) is 3.61. The van der Waals surface area contributed by atoms with Crippen LogP contribution in [-0.2, 0) is 19.4 Å². The van der Waals surface area contributed by atoms with E-state index in [1.165, 1.54) is 29.3 Å². The number of nitrogens with one attached hydrogen (secondary N) is 1. The number of aromatic nitrogens is 3. The highest BCUT2D eigenvalue weighted by Crippen LogP contribution is 2.32. The lowest BCUT2D eigenvalue weighted by Gasteiger charge is -2.04. The van der Waals surface area contributed by atoms with Crippen LogP contribution in [0.15, 0.2) is 34.0 Å². The molecule has 1 aliphatic carbocycles. The molecule has 3 aromatic heterocycles. The number of hydrogen-bond acceptors (Lipinski definition) is 4. The second-order valence-electron chi connectivity index (χ2n) is 5.92. The van der Waals surface area contributed by atoms with E-state index < -0.39 is 0 Å². The van der Waals surface area contributed by atoms with E-state index in [-0.39, 0.29) is 17.7 Å². The third-order valence-electron chi connectivity index (χ3n) is 4.34. The zero-order valence-electron chi connectivity index (χ0n) is 12.7. The minimum absolute atomic E-state index is 0.0756. The van der Waals surface area contributed by atoms with Crippen molar-refractivity contribution >= 4 is 21.6 Å². The molecule has 0 spiro atoms. The van der Waals surface area contributed by atoms with Crippen LogP contribution >= 0.6 is 11.3 Å². The number of aromatic amines is 1. The zero-order chi connectivity index (χ0) is 15.8. The maximum atomic E-state index is 12.5. The standard InChI is InChI=1S/C17H17N3O2S/c21-14-8-4-5-9-20(14)10-13-18-16(22)15-11-6-2-1-3-7-12(11)23-17(15)19-13/h4-5,8-9H,1-3,6-7,10H2,(H,18,19,22). The monoisotopic (exact) mass is 327 g/mol. The van der Waals surface area contributed by atoms with Crippen LogP contribution in [0.1, 0.15) is 35.5 Å². The highest BCUT2D eigenvalue weighted by atomic mass is 32.1. The third-order valence-corrected chi connectivity index (χ3v) is 5.53. The van der Waals surface area contributed by atoms with Crippen molar-refractivity contribution in [1.82, 2.24) is 14.5 Å². The molecule has 4 rings (SSSR count). The maximum Gasteiger partial charge on any atom is 0.259 e. The summed E-state index contributed by atoms with van der Waals surface area (Å²) in [5.74, 6) is 0.534. The van der Waals surface area contributed by atoms with Crippen LogP contribution in [0.2, 0.25) is 0 Å². The molecule has 3 aromatic rings. The Hall–Kier alpha value is -2.21. The number of aryl methyl sites for hydroxylation is 2. The van der Waals surface area contributed by atoms with Gasteiger partial charge in [0, 0.05) is 17.1 Å². The van der Waals surface area contributed by atoms with Gasteiger partial charge < -0.3 is 9.55 Å². The van der Waals surface area contributed by atoms with Gasteiger partial charge in [0.1, 0.15) is 10.7 Å². The van der Waals surface area contributed by atoms with Crippen molar-refractivity contribution in [2.45, 2.75) is 38.6 Å². The van der Waals surface area contributed by atoms with Crippen LogP contribution in [0.5, 0.6) is 0 Å². The van der Waals surface area contributed by atoms with Crippen molar-refractivity contribution in [3.05, 3.63) is 61.4 Å². The van der Waals surface area contributed by atoms with Gasteiger partial charge in [0.05, 0.1) is 11.9 Å². The van der Waals surface area contributed by atoms with Gasteiger partial charge in [-0.25, -0.2) is 4.98 Å². The summed E-state index contributed by atoms with van der Waals surface area (Å²) in [4.78, 5) is 33.9. The molecule has 0 saturated carbocycles. The molecule has 0 atom stereocenters. The Balaban J connectivity index is 1.80. The van der Waals surface area contributed by atoms with E-state index >= 15 is 0 Å². The molecule has 5 nitrogen and oxygen atoms in total. The summed E-state index contributed by atoms with van der Waals surface area (Å²) < 4.78 is 1.54. The molecule has 0 aromatic carbocycles. The van der Waals surface area contributed by atoms with Crippen LogP contribution in [0.3, 0.4) is 0 Å². The minimum atomic E-state index is -0.0998. The van der Waals surface area contributed by atoms with E-state index in [4.69, 9.17) is 0 Å². The topological polar surface area (TPSA) is 67.8 Å². The van der Waals surface area contributed by atoms with Crippen molar-refractivity contribution in [3.63, 3.8) is 0 Å². The first-order valence-electron chi connectivity index (χ1n) is 7.91. The molecule has 1 N–H and O–H groups in total. The van der Waals surface area contributed by atoms with Gasteiger partial charge in [-0.15, -0.1) is 11.3 Å². The highest BCUT2D eigenvalue weighted by molar-refractivity contribution is 7.18. The van der Waals surface area contributed by atoms with E-state index in [1.807, 2.05) is 0 Å².